The summed E-state index contributed by atoms with van der Waals surface area (Å²) < 4.78 is 7.93. The highest BCUT2D eigenvalue weighted by atomic mass is 32.1. The van der Waals surface area contributed by atoms with E-state index in [4.69, 9.17) is 0 Å². The summed E-state index contributed by atoms with van der Waals surface area (Å²) in [6.07, 6.45) is 62.8. The maximum Gasteiger partial charge on any atom is 0.131 e. The van der Waals surface area contributed by atoms with Gasteiger partial charge < -0.3 is 20.4 Å². The van der Waals surface area contributed by atoms with E-state index in [2.05, 4.69) is 181 Å². The maximum atomic E-state index is 10.1. The SMILES string of the molecule is CCCCc1cn(C/C=C2\CCC[C@]3(C)[C@@H]([C@H](C)CCCC(C)(C)O)CC[C@@H]23)nn1.C[C@H](CCCC(C)(C)O)[C@H]1CC[C@H]2/C(=C/Cn3cc(-c4ccccc4)nn3)CCC[C@]12C.C[C@H](CCCC(C)(C)O)[C@H]1CC[C@H]2/C(=C/Cn3cc(-c4ccccn4)nn3)CCC[C@]12C.C[C@H](CCCC(C)(C)O)[C@H]1CC[C@H]2/C(=C/Cn3cc(-c4cccs4)nn3)CCC[C@]12C. The molecule has 15 rings (SSSR count). The topological polar surface area (TPSA) is 217 Å². The molecule has 17 nitrogen and oxygen atoms in total. The van der Waals surface area contributed by atoms with Crippen LogP contribution in [0, 0.1) is 92.7 Å². The Morgan fingerprint density at radius 2 is 0.744 bits per heavy atom. The number of hydrogen-bond acceptors (Lipinski definition) is 14. The van der Waals surface area contributed by atoms with Crippen molar-refractivity contribution in [1.29, 1.82) is 0 Å². The molecule has 688 valence electrons. The van der Waals surface area contributed by atoms with Gasteiger partial charge in [-0.05, 0) is 339 Å². The van der Waals surface area contributed by atoms with Crippen LogP contribution in [0.25, 0.3) is 33.2 Å². The molecule has 125 heavy (non-hydrogen) atoms. The molecule has 16 atom stereocenters. The highest BCUT2D eigenvalue weighted by molar-refractivity contribution is 7.13. The summed E-state index contributed by atoms with van der Waals surface area (Å²) in [5.74, 6) is 9.05. The Kier molecular flexibility index (Phi) is 33.9. The van der Waals surface area contributed by atoms with Gasteiger partial charge in [0.1, 0.15) is 17.1 Å². The molecule has 4 N–H and O–H groups in total. The molecule has 0 bridgehead atoms. The molecule has 0 amide bonds. The third-order valence-electron chi connectivity index (χ3n) is 32.6. The number of pyridine rings is 1. The summed E-state index contributed by atoms with van der Waals surface area (Å²) in [4.78, 5) is 5.56. The fourth-order valence-electron chi connectivity index (χ4n) is 26.1. The Morgan fingerprint density at radius 3 is 1.10 bits per heavy atom. The molecule has 8 aliphatic rings. The lowest BCUT2D eigenvalue weighted by Gasteiger charge is -2.44. The number of thiophene rings is 1. The van der Waals surface area contributed by atoms with Gasteiger partial charge in [-0.25, -0.2) is 18.7 Å². The van der Waals surface area contributed by atoms with Gasteiger partial charge in [0, 0.05) is 18.0 Å². The summed E-state index contributed by atoms with van der Waals surface area (Å²) in [5, 5.41) is 77.2. The van der Waals surface area contributed by atoms with E-state index in [0.29, 0.717) is 27.6 Å². The van der Waals surface area contributed by atoms with Gasteiger partial charge in [0.25, 0.3) is 0 Å². The molecule has 0 aliphatic heterocycles. The molecular formula is C107H165N13O4S. The van der Waals surface area contributed by atoms with Crippen molar-refractivity contribution >= 4 is 11.3 Å². The first-order chi connectivity index (χ1) is 59.5. The van der Waals surface area contributed by atoms with E-state index in [-0.39, 0.29) is 0 Å². The molecule has 6 aromatic heterocycles. The predicted molar refractivity (Wildman–Crippen MR) is 513 cm³/mol. The first-order valence-electron chi connectivity index (χ1n) is 49.8. The number of hydrogen-bond donors (Lipinski definition) is 4. The fraction of sp³-hybridized carbons (Fsp3) is 0.710. The lowest BCUT2D eigenvalue weighted by Crippen LogP contribution is -2.36. The number of aromatic nitrogens is 13. The number of unbranched alkanes of at least 4 members (excludes halogenated alkanes) is 1. The minimum atomic E-state index is -0.541. The van der Waals surface area contributed by atoms with Crippen molar-refractivity contribution in [1.82, 2.24) is 65.0 Å². The van der Waals surface area contributed by atoms with Gasteiger partial charge in [-0.2, -0.15) is 0 Å². The molecule has 6 heterocycles. The largest absolute Gasteiger partial charge is 0.390 e. The van der Waals surface area contributed by atoms with Gasteiger partial charge in [-0.3, -0.25) is 4.98 Å². The number of fused-ring (bicyclic) bond motifs is 4. The van der Waals surface area contributed by atoms with E-state index in [0.717, 1.165) is 183 Å². The van der Waals surface area contributed by atoms with Crippen LogP contribution in [0.15, 0.2) is 144 Å². The van der Waals surface area contributed by atoms with Crippen molar-refractivity contribution in [3.8, 4) is 33.2 Å². The molecule has 8 saturated carbocycles. The van der Waals surface area contributed by atoms with Crippen molar-refractivity contribution in [3.05, 3.63) is 149 Å². The van der Waals surface area contributed by atoms with E-state index in [1.165, 1.54) is 172 Å². The molecule has 1 aromatic carbocycles. The quantitative estimate of drug-likeness (QED) is 0.0276. The van der Waals surface area contributed by atoms with E-state index < -0.39 is 22.4 Å². The summed E-state index contributed by atoms with van der Waals surface area (Å²) >= 11 is 1.71. The van der Waals surface area contributed by atoms with Gasteiger partial charge in [0.05, 0.1) is 83.4 Å². The number of rotatable bonds is 34. The molecule has 0 saturated heterocycles. The first-order valence-corrected chi connectivity index (χ1v) is 50.6. The maximum absolute atomic E-state index is 10.1. The van der Waals surface area contributed by atoms with Crippen LogP contribution in [-0.4, -0.2) is 108 Å². The molecule has 0 unspecified atom stereocenters. The average molecular weight is 1730 g/mol. The standard InChI is InChI=1S/C28H41N3O.C27H40N4O.C26H39N3OS.C26H45N3O/c1-21(10-8-17-27(2,3)32)24-14-15-25-22(13-9-18-28(24,25)4)16-19-31-20-26(29-30-31)23-11-6-5-7-12-23;1-20(9-7-15-26(2,3)32)22-12-13-23-21(10-8-16-27(22,23)4)14-18-31-19-25(29-30-31)24-11-5-6-17-28-24;1-19(8-5-14-25(2,3)30)21-11-12-22-20(9-6-15-26(21,22)4)13-16-29-18-23(27-28-29)24-10-7-17-31-24;1-6-7-12-22-19-29(28-27-22)18-15-21-11-9-17-26(5)23(13-14-24(21)26)20(2)10-8-16-25(3,4)30/h5-7,11-12,16,20-21,24-25,32H,8-10,13-15,17-19H2,1-4H3;5-6,11,14,17,19-20,22-23,32H,7-10,12-13,15-16,18H2,1-4H3;7,10,13,17-19,21-22,30H,5-6,8-9,11-12,14-16H2,1-4H3;15,19-20,23-24,30H,6-14,16-18H2,1-5H3/b22-16+;21-14+;20-13+;21-15+/t21-,24-,25+,28-;20-,22-,23+,27-;19-,21-,22+,26-;20-,23-,24+,26-/m1111/s1. The van der Waals surface area contributed by atoms with Crippen LogP contribution >= 0.6 is 11.3 Å². The van der Waals surface area contributed by atoms with Crippen LogP contribution in [0.2, 0.25) is 0 Å². The molecule has 7 aromatic rings. The highest BCUT2D eigenvalue weighted by Crippen LogP contribution is 2.64. The fourth-order valence-corrected chi connectivity index (χ4v) is 26.8. The molecule has 8 fully saturated rings. The first kappa shape index (κ1) is 97.5. The molecule has 18 heteroatoms. The van der Waals surface area contributed by atoms with Crippen molar-refractivity contribution in [3.63, 3.8) is 0 Å². The zero-order valence-electron chi connectivity index (χ0n) is 80.6. The minimum absolute atomic E-state index is 0.416. The number of benzene rings is 1. The average Bonchev–Trinajstić information content (AvgIpc) is 1.63. The Bertz CT molecular complexity index is 4390. The van der Waals surface area contributed by atoms with Crippen LogP contribution in [0.1, 0.15) is 342 Å². The van der Waals surface area contributed by atoms with Crippen LogP contribution < -0.4 is 0 Å². The molecule has 0 spiro atoms. The van der Waals surface area contributed by atoms with Gasteiger partial charge in [-0.15, -0.1) is 31.7 Å². The molecular weight excluding hydrogens is 1560 g/mol. The highest BCUT2D eigenvalue weighted by Gasteiger charge is 2.55. The predicted octanol–water partition coefficient (Wildman–Crippen LogP) is 25.8. The monoisotopic (exact) mass is 1730 g/mol. The molecule has 0 radical (unpaired) electrons. The lowest BCUT2D eigenvalue weighted by molar-refractivity contribution is 0.0589. The Labute approximate surface area is 758 Å². The van der Waals surface area contributed by atoms with Crippen molar-refractivity contribution in [2.75, 3.05) is 0 Å². The number of nitrogens with zero attached hydrogens (tertiary/aromatic N) is 13. The Balaban J connectivity index is 0.000000152. The van der Waals surface area contributed by atoms with Crippen molar-refractivity contribution in [2.45, 2.75) is 391 Å². The van der Waals surface area contributed by atoms with Crippen molar-refractivity contribution in [2.24, 2.45) is 92.7 Å². The van der Waals surface area contributed by atoms with Crippen molar-refractivity contribution < 1.29 is 20.4 Å². The summed E-state index contributed by atoms with van der Waals surface area (Å²) in [6, 6.07) is 20.3. The summed E-state index contributed by atoms with van der Waals surface area (Å²) in [7, 11) is 0. The van der Waals surface area contributed by atoms with E-state index in [1.807, 2.05) is 117 Å². The van der Waals surface area contributed by atoms with Gasteiger partial charge in [-0.1, -0.05) is 230 Å². The van der Waals surface area contributed by atoms with E-state index >= 15 is 0 Å². The number of aryl methyl sites for hydroxylation is 1. The van der Waals surface area contributed by atoms with Crippen LogP contribution in [0.4, 0.5) is 0 Å². The van der Waals surface area contributed by atoms with E-state index in [9.17, 15) is 20.4 Å². The van der Waals surface area contributed by atoms with E-state index in [1.54, 1.807) is 39.8 Å². The summed E-state index contributed by atoms with van der Waals surface area (Å²) in [6.45, 7) is 41.1. The third-order valence-corrected chi connectivity index (χ3v) is 33.5. The Morgan fingerprint density at radius 1 is 0.400 bits per heavy atom. The number of aliphatic hydroxyl groups is 4. The van der Waals surface area contributed by atoms with Crippen LogP contribution in [-0.2, 0) is 32.6 Å². The smallest absolute Gasteiger partial charge is 0.131 e. The van der Waals surface area contributed by atoms with Crippen LogP contribution in [0.3, 0.4) is 0 Å². The Hall–Kier alpha value is -6.57. The number of allylic oxidation sites excluding steroid dienone is 8. The molecule has 8 aliphatic carbocycles. The third kappa shape index (κ3) is 26.2. The second kappa shape index (κ2) is 43.4. The second-order valence-electron chi connectivity index (χ2n) is 44.3. The lowest BCUT2D eigenvalue weighted by atomic mass is 9.60. The van der Waals surface area contributed by atoms with Gasteiger partial charge >= 0.3 is 0 Å². The zero-order chi connectivity index (χ0) is 89.4. The van der Waals surface area contributed by atoms with Gasteiger partial charge in [0.2, 0.25) is 0 Å². The van der Waals surface area contributed by atoms with Crippen LogP contribution in [0.5, 0.6) is 0 Å². The van der Waals surface area contributed by atoms with Gasteiger partial charge in [0.15, 0.2) is 0 Å². The zero-order valence-corrected chi connectivity index (χ0v) is 81.4. The summed E-state index contributed by atoms with van der Waals surface area (Å²) in [5.41, 5.74) is 12.1. The normalized spacial score (nSPS) is 28.6. The minimum Gasteiger partial charge on any atom is -0.390 e. The second-order valence-corrected chi connectivity index (χ2v) is 45.2.